The standard InChI is InChI=1S/C22H35N3O2/c26-20(24-14-15-3-1-5-23-13-15)19-4-2-6-25(19)21(27)22-10-16-7-17(11-22)9-18(8-16)12-22/h15-19,23H,1-14H2,(H,24,26). The van der Waals surface area contributed by atoms with E-state index in [0.29, 0.717) is 11.8 Å². The van der Waals surface area contributed by atoms with E-state index in [2.05, 4.69) is 10.6 Å². The Kier molecular flexibility index (Phi) is 4.69. The van der Waals surface area contributed by atoms with E-state index >= 15 is 0 Å². The van der Waals surface area contributed by atoms with Gasteiger partial charge in [-0.05, 0) is 101 Å². The molecule has 5 heteroatoms. The first-order valence-corrected chi connectivity index (χ1v) is 11.4. The van der Waals surface area contributed by atoms with Crippen molar-refractivity contribution in [2.75, 3.05) is 26.2 Å². The molecule has 2 N–H and O–H groups in total. The van der Waals surface area contributed by atoms with E-state index in [1.54, 1.807) is 0 Å². The van der Waals surface area contributed by atoms with Crippen LogP contribution in [0.3, 0.4) is 0 Å². The molecule has 2 atom stereocenters. The highest BCUT2D eigenvalue weighted by atomic mass is 16.2. The second-order valence-corrected chi connectivity index (χ2v) is 10.3. The van der Waals surface area contributed by atoms with E-state index in [1.807, 2.05) is 4.90 Å². The van der Waals surface area contributed by atoms with Gasteiger partial charge < -0.3 is 15.5 Å². The lowest BCUT2D eigenvalue weighted by Gasteiger charge is -2.56. The molecule has 4 saturated carbocycles. The van der Waals surface area contributed by atoms with Gasteiger partial charge in [-0.25, -0.2) is 0 Å². The molecule has 150 valence electrons. The fourth-order valence-corrected chi connectivity index (χ4v) is 7.42. The lowest BCUT2D eigenvalue weighted by Crippen LogP contribution is -2.57. The van der Waals surface area contributed by atoms with E-state index in [-0.39, 0.29) is 17.4 Å². The zero-order valence-corrected chi connectivity index (χ0v) is 16.5. The smallest absolute Gasteiger partial charge is 0.242 e. The number of hydrogen-bond acceptors (Lipinski definition) is 3. The summed E-state index contributed by atoms with van der Waals surface area (Å²) in [6.45, 7) is 3.63. The fourth-order valence-electron chi connectivity index (χ4n) is 7.42. The third-order valence-electron chi connectivity index (χ3n) is 8.27. The number of piperidine rings is 1. The van der Waals surface area contributed by atoms with E-state index in [0.717, 1.165) is 76.0 Å². The molecule has 0 aromatic heterocycles. The van der Waals surface area contributed by atoms with Crippen LogP contribution in [0.4, 0.5) is 0 Å². The summed E-state index contributed by atoms with van der Waals surface area (Å²) in [4.78, 5) is 28.5. The molecule has 2 saturated heterocycles. The molecule has 2 aliphatic heterocycles. The number of nitrogens with zero attached hydrogens (tertiary/aromatic N) is 1. The van der Waals surface area contributed by atoms with E-state index in [4.69, 9.17) is 0 Å². The number of rotatable bonds is 4. The van der Waals surface area contributed by atoms with Gasteiger partial charge in [-0.3, -0.25) is 9.59 Å². The second kappa shape index (κ2) is 7.06. The van der Waals surface area contributed by atoms with Crippen molar-refractivity contribution in [1.82, 2.24) is 15.5 Å². The Morgan fingerprint density at radius 3 is 2.33 bits per heavy atom. The molecule has 0 spiro atoms. The molecule has 0 radical (unpaired) electrons. The van der Waals surface area contributed by atoms with Gasteiger partial charge in [0.05, 0.1) is 5.41 Å². The molecule has 6 aliphatic rings. The topological polar surface area (TPSA) is 61.4 Å². The van der Waals surface area contributed by atoms with Crippen molar-refractivity contribution < 1.29 is 9.59 Å². The van der Waals surface area contributed by atoms with Crippen LogP contribution in [0.25, 0.3) is 0 Å². The lowest BCUT2D eigenvalue weighted by atomic mass is 9.49. The van der Waals surface area contributed by atoms with Gasteiger partial charge in [0.25, 0.3) is 0 Å². The summed E-state index contributed by atoms with van der Waals surface area (Å²) < 4.78 is 0. The molecule has 2 unspecified atom stereocenters. The van der Waals surface area contributed by atoms with Crippen LogP contribution in [-0.2, 0) is 9.59 Å². The van der Waals surface area contributed by atoms with Crippen LogP contribution in [0.15, 0.2) is 0 Å². The number of likely N-dealkylation sites (tertiary alicyclic amines) is 1. The van der Waals surface area contributed by atoms with Gasteiger partial charge in [-0.1, -0.05) is 0 Å². The third kappa shape index (κ3) is 3.30. The van der Waals surface area contributed by atoms with Crippen molar-refractivity contribution in [2.45, 2.75) is 70.3 Å². The van der Waals surface area contributed by atoms with Crippen molar-refractivity contribution in [2.24, 2.45) is 29.1 Å². The normalized spacial score (nSPS) is 43.1. The summed E-state index contributed by atoms with van der Waals surface area (Å²) in [5.41, 5.74) is -0.120. The zero-order chi connectivity index (χ0) is 18.4. The van der Waals surface area contributed by atoms with E-state index in [9.17, 15) is 9.59 Å². The van der Waals surface area contributed by atoms with Gasteiger partial charge in [0.15, 0.2) is 0 Å². The van der Waals surface area contributed by atoms with Crippen LogP contribution in [0.2, 0.25) is 0 Å². The molecule has 0 aromatic carbocycles. The Bertz CT molecular complexity index is 563. The maximum Gasteiger partial charge on any atom is 0.242 e. The summed E-state index contributed by atoms with van der Waals surface area (Å²) >= 11 is 0. The van der Waals surface area contributed by atoms with Gasteiger partial charge >= 0.3 is 0 Å². The van der Waals surface area contributed by atoms with Crippen LogP contribution in [0.5, 0.6) is 0 Å². The molecule has 2 amide bonds. The van der Waals surface area contributed by atoms with Crippen molar-refractivity contribution in [1.29, 1.82) is 0 Å². The Balaban J connectivity index is 1.24. The average Bonchev–Trinajstić information content (AvgIpc) is 3.15. The van der Waals surface area contributed by atoms with Crippen LogP contribution < -0.4 is 10.6 Å². The Morgan fingerprint density at radius 1 is 1.00 bits per heavy atom. The third-order valence-corrected chi connectivity index (χ3v) is 8.27. The first-order chi connectivity index (χ1) is 13.1. The van der Waals surface area contributed by atoms with E-state index in [1.165, 1.54) is 32.1 Å². The molecule has 27 heavy (non-hydrogen) atoms. The first kappa shape index (κ1) is 18.0. The Labute approximate surface area is 163 Å². The predicted molar refractivity (Wildman–Crippen MR) is 104 cm³/mol. The minimum atomic E-state index is -0.220. The van der Waals surface area contributed by atoms with Crippen LogP contribution in [0, 0.1) is 29.1 Å². The molecule has 2 heterocycles. The molecule has 4 bridgehead atoms. The lowest BCUT2D eigenvalue weighted by molar-refractivity contribution is -0.160. The molecule has 4 aliphatic carbocycles. The monoisotopic (exact) mass is 373 g/mol. The maximum absolute atomic E-state index is 13.7. The summed E-state index contributed by atoms with van der Waals surface area (Å²) in [6, 6.07) is -0.220. The summed E-state index contributed by atoms with van der Waals surface area (Å²) in [5.74, 6) is 3.28. The SMILES string of the molecule is O=C(NCC1CCCNC1)C1CCCN1C(=O)C12CC3CC(CC(C3)C1)C2. The van der Waals surface area contributed by atoms with Crippen LogP contribution in [0.1, 0.15) is 64.2 Å². The second-order valence-electron chi connectivity index (χ2n) is 10.3. The van der Waals surface area contributed by atoms with Gasteiger partial charge in [-0.2, -0.15) is 0 Å². The number of nitrogens with one attached hydrogen (secondary N) is 2. The van der Waals surface area contributed by atoms with Crippen LogP contribution >= 0.6 is 0 Å². The first-order valence-electron chi connectivity index (χ1n) is 11.4. The Hall–Kier alpha value is -1.10. The largest absolute Gasteiger partial charge is 0.354 e. The fraction of sp³-hybridized carbons (Fsp3) is 0.909. The maximum atomic E-state index is 13.7. The minimum absolute atomic E-state index is 0.0937. The molecule has 6 rings (SSSR count). The zero-order valence-electron chi connectivity index (χ0n) is 16.5. The highest BCUT2D eigenvalue weighted by Gasteiger charge is 2.56. The van der Waals surface area contributed by atoms with Crippen LogP contribution in [-0.4, -0.2) is 48.9 Å². The van der Waals surface area contributed by atoms with Gasteiger partial charge in [0.1, 0.15) is 6.04 Å². The molecule has 5 nitrogen and oxygen atoms in total. The highest BCUT2D eigenvalue weighted by molar-refractivity contribution is 5.91. The molecular formula is C22H35N3O2. The number of hydrogen-bond donors (Lipinski definition) is 2. The van der Waals surface area contributed by atoms with Crippen molar-refractivity contribution >= 4 is 11.8 Å². The quantitative estimate of drug-likeness (QED) is 0.795. The summed E-state index contributed by atoms with van der Waals surface area (Å²) in [5, 5.41) is 6.59. The number of carbonyl (C=O) groups excluding carboxylic acids is 2. The van der Waals surface area contributed by atoms with Crippen molar-refractivity contribution in [3.05, 3.63) is 0 Å². The summed E-state index contributed by atoms with van der Waals surface area (Å²) in [7, 11) is 0. The van der Waals surface area contributed by atoms with Crippen molar-refractivity contribution in [3.8, 4) is 0 Å². The van der Waals surface area contributed by atoms with Crippen molar-refractivity contribution in [3.63, 3.8) is 0 Å². The Morgan fingerprint density at radius 2 is 1.70 bits per heavy atom. The molecule has 0 aromatic rings. The summed E-state index contributed by atoms with van der Waals surface area (Å²) in [6.07, 6.45) is 11.5. The van der Waals surface area contributed by atoms with Gasteiger partial charge in [0.2, 0.25) is 11.8 Å². The van der Waals surface area contributed by atoms with Gasteiger partial charge in [-0.15, -0.1) is 0 Å². The molecular weight excluding hydrogens is 338 g/mol. The average molecular weight is 374 g/mol. The predicted octanol–water partition coefficient (Wildman–Crippen LogP) is 2.31. The molecule has 6 fully saturated rings. The van der Waals surface area contributed by atoms with E-state index < -0.39 is 0 Å². The van der Waals surface area contributed by atoms with Gasteiger partial charge in [0, 0.05) is 13.1 Å². The number of carbonyl (C=O) groups is 2. The highest BCUT2D eigenvalue weighted by Crippen LogP contribution is 2.60. The minimum Gasteiger partial charge on any atom is -0.354 e. The number of amides is 2.